The van der Waals surface area contributed by atoms with Gasteiger partial charge in [0, 0.05) is 12.0 Å². The highest BCUT2D eigenvalue weighted by molar-refractivity contribution is 5.68. The summed E-state index contributed by atoms with van der Waals surface area (Å²) in [5.41, 5.74) is -0.0525. The highest BCUT2D eigenvalue weighted by Crippen LogP contribution is 2.44. The maximum absolute atomic E-state index is 13.1. The summed E-state index contributed by atoms with van der Waals surface area (Å²) in [4.78, 5) is 11.3. The van der Waals surface area contributed by atoms with E-state index in [9.17, 15) is 23.1 Å². The SMILES string of the molecule is Cc1ccc(COC2=CCC(C)([C@H](CC(=O)O)c3ccon3)C=C2)cc1C(F)(F)F. The van der Waals surface area contributed by atoms with E-state index in [0.29, 0.717) is 23.4 Å². The van der Waals surface area contributed by atoms with E-state index in [1.807, 2.05) is 19.1 Å². The van der Waals surface area contributed by atoms with Gasteiger partial charge in [0.05, 0.1) is 17.7 Å². The van der Waals surface area contributed by atoms with E-state index in [-0.39, 0.29) is 18.6 Å². The van der Waals surface area contributed by atoms with Crippen LogP contribution in [-0.4, -0.2) is 16.2 Å². The molecule has 0 amide bonds. The Morgan fingerprint density at radius 3 is 2.70 bits per heavy atom. The lowest BCUT2D eigenvalue weighted by Gasteiger charge is -2.34. The van der Waals surface area contributed by atoms with Gasteiger partial charge in [0.1, 0.15) is 18.6 Å². The summed E-state index contributed by atoms with van der Waals surface area (Å²) in [6.45, 7) is 3.34. The Morgan fingerprint density at radius 1 is 1.37 bits per heavy atom. The fourth-order valence-electron chi connectivity index (χ4n) is 3.58. The summed E-state index contributed by atoms with van der Waals surface area (Å²) in [5.74, 6) is -0.812. The van der Waals surface area contributed by atoms with E-state index < -0.39 is 29.0 Å². The second-order valence-electron chi connectivity index (χ2n) is 7.66. The molecule has 30 heavy (non-hydrogen) atoms. The quantitative estimate of drug-likeness (QED) is 0.628. The van der Waals surface area contributed by atoms with Gasteiger partial charge in [-0.15, -0.1) is 0 Å². The number of ether oxygens (including phenoxy) is 1. The average Bonchev–Trinajstić information content (AvgIpc) is 3.20. The molecule has 1 aliphatic carbocycles. The molecule has 0 saturated heterocycles. The number of carbonyl (C=O) groups is 1. The van der Waals surface area contributed by atoms with Crippen molar-refractivity contribution < 1.29 is 32.3 Å². The zero-order valence-corrected chi connectivity index (χ0v) is 16.6. The summed E-state index contributed by atoms with van der Waals surface area (Å²) in [6, 6.07) is 5.78. The number of rotatable bonds is 7. The van der Waals surface area contributed by atoms with Gasteiger partial charge in [-0.1, -0.05) is 30.3 Å². The Morgan fingerprint density at radius 2 is 2.13 bits per heavy atom. The van der Waals surface area contributed by atoms with Crippen LogP contribution < -0.4 is 0 Å². The highest BCUT2D eigenvalue weighted by Gasteiger charge is 2.37. The van der Waals surface area contributed by atoms with Crippen molar-refractivity contribution in [1.82, 2.24) is 5.16 Å². The second kappa shape index (κ2) is 8.38. The van der Waals surface area contributed by atoms with Crippen LogP contribution in [0.25, 0.3) is 0 Å². The largest absolute Gasteiger partial charge is 0.489 e. The van der Waals surface area contributed by atoms with Crippen molar-refractivity contribution in [2.24, 2.45) is 5.41 Å². The van der Waals surface area contributed by atoms with Crippen LogP contribution in [0, 0.1) is 12.3 Å². The zero-order valence-electron chi connectivity index (χ0n) is 16.6. The van der Waals surface area contributed by atoms with Gasteiger partial charge < -0.3 is 14.4 Å². The zero-order chi connectivity index (χ0) is 21.9. The van der Waals surface area contributed by atoms with E-state index in [0.717, 1.165) is 6.07 Å². The third kappa shape index (κ3) is 4.93. The maximum atomic E-state index is 13.1. The topological polar surface area (TPSA) is 72.6 Å². The fraction of sp³-hybridized carbons (Fsp3) is 0.364. The Hall–Kier alpha value is -3.03. The van der Waals surface area contributed by atoms with Gasteiger partial charge in [0.2, 0.25) is 0 Å². The number of alkyl halides is 3. The summed E-state index contributed by atoms with van der Waals surface area (Å²) in [7, 11) is 0. The van der Waals surface area contributed by atoms with Gasteiger partial charge >= 0.3 is 12.1 Å². The number of aromatic nitrogens is 1. The standard InChI is InChI=1S/C22H22F3NO4/c1-14-3-4-15(11-17(14)22(23,24)25)13-29-16-5-8-21(2,9-6-16)18(12-20(27)28)19-7-10-30-26-19/h3-8,10-11,18H,9,12-13H2,1-2H3,(H,27,28)/t18-,21?/m1/s1. The molecule has 1 N–H and O–H groups in total. The molecular formula is C22H22F3NO4. The van der Waals surface area contributed by atoms with Crippen LogP contribution in [-0.2, 0) is 22.3 Å². The first-order valence-corrected chi connectivity index (χ1v) is 9.39. The number of hydrogen-bond acceptors (Lipinski definition) is 4. The number of nitrogens with zero attached hydrogens (tertiary/aromatic N) is 1. The summed E-state index contributed by atoms with van der Waals surface area (Å²) in [5, 5.41) is 13.2. The summed E-state index contributed by atoms with van der Waals surface area (Å²) in [6.07, 6.45) is 2.77. The summed E-state index contributed by atoms with van der Waals surface area (Å²) >= 11 is 0. The molecule has 1 heterocycles. The van der Waals surface area contributed by atoms with Crippen LogP contribution in [0.4, 0.5) is 13.2 Å². The molecular weight excluding hydrogens is 399 g/mol. The van der Waals surface area contributed by atoms with E-state index in [1.165, 1.54) is 19.3 Å². The molecule has 160 valence electrons. The number of allylic oxidation sites excluding steroid dienone is 3. The number of hydrogen-bond donors (Lipinski definition) is 1. The number of halogens is 3. The molecule has 0 bridgehead atoms. The molecule has 1 unspecified atom stereocenters. The van der Waals surface area contributed by atoms with E-state index in [1.54, 1.807) is 18.2 Å². The van der Waals surface area contributed by atoms with Gasteiger partial charge in [0.15, 0.2) is 0 Å². The van der Waals surface area contributed by atoms with Crippen molar-refractivity contribution in [3.8, 4) is 0 Å². The molecule has 5 nitrogen and oxygen atoms in total. The molecule has 0 fully saturated rings. The summed E-state index contributed by atoms with van der Waals surface area (Å²) < 4.78 is 49.8. The molecule has 1 aliphatic rings. The van der Waals surface area contributed by atoms with Gasteiger partial charge in [-0.2, -0.15) is 13.2 Å². The van der Waals surface area contributed by atoms with Crippen LogP contribution in [0.1, 0.15) is 48.1 Å². The minimum absolute atomic E-state index is 0.00190. The molecule has 0 saturated carbocycles. The fourth-order valence-corrected chi connectivity index (χ4v) is 3.58. The first kappa shape index (κ1) is 21.7. The number of benzene rings is 1. The Bertz CT molecular complexity index is 963. The van der Waals surface area contributed by atoms with Crippen LogP contribution in [0.2, 0.25) is 0 Å². The van der Waals surface area contributed by atoms with E-state index >= 15 is 0 Å². The molecule has 2 atom stereocenters. The van der Waals surface area contributed by atoms with Crippen LogP contribution in [0.5, 0.6) is 0 Å². The van der Waals surface area contributed by atoms with Crippen molar-refractivity contribution in [3.05, 3.63) is 76.9 Å². The Kier molecular flexibility index (Phi) is 6.05. The smallest absolute Gasteiger partial charge is 0.416 e. The lowest BCUT2D eigenvalue weighted by Crippen LogP contribution is -2.27. The highest BCUT2D eigenvalue weighted by atomic mass is 19.4. The molecule has 3 rings (SSSR count). The van der Waals surface area contributed by atoms with Gasteiger partial charge in [0.25, 0.3) is 0 Å². The van der Waals surface area contributed by atoms with Crippen LogP contribution in [0.15, 0.2) is 59.0 Å². The number of aliphatic carboxylic acids is 1. The molecule has 1 aromatic carbocycles. The number of carboxylic acid groups (broad SMARTS) is 1. The second-order valence-corrected chi connectivity index (χ2v) is 7.66. The molecule has 2 aromatic rings. The molecule has 0 spiro atoms. The minimum atomic E-state index is -4.41. The third-order valence-corrected chi connectivity index (χ3v) is 5.37. The minimum Gasteiger partial charge on any atom is -0.489 e. The third-order valence-electron chi connectivity index (χ3n) is 5.37. The van der Waals surface area contributed by atoms with Crippen LogP contribution >= 0.6 is 0 Å². The van der Waals surface area contributed by atoms with Gasteiger partial charge in [-0.3, -0.25) is 4.79 Å². The predicted molar refractivity (Wildman–Crippen MR) is 102 cm³/mol. The lowest BCUT2D eigenvalue weighted by molar-refractivity contribution is -0.139. The van der Waals surface area contributed by atoms with Crippen molar-refractivity contribution in [1.29, 1.82) is 0 Å². The molecule has 1 aromatic heterocycles. The first-order chi connectivity index (χ1) is 14.1. The van der Waals surface area contributed by atoms with E-state index in [4.69, 9.17) is 9.26 Å². The molecule has 0 radical (unpaired) electrons. The van der Waals surface area contributed by atoms with Gasteiger partial charge in [-0.05, 0) is 48.1 Å². The number of aryl methyl sites for hydroxylation is 1. The van der Waals surface area contributed by atoms with E-state index in [2.05, 4.69) is 5.16 Å². The first-order valence-electron chi connectivity index (χ1n) is 9.39. The predicted octanol–water partition coefficient (Wildman–Crippen LogP) is 5.63. The van der Waals surface area contributed by atoms with Crippen molar-refractivity contribution in [2.75, 3.05) is 0 Å². The average molecular weight is 421 g/mol. The Labute approximate surface area is 171 Å². The normalized spacial score (nSPS) is 20.0. The van der Waals surface area contributed by atoms with Crippen molar-refractivity contribution in [3.63, 3.8) is 0 Å². The van der Waals surface area contributed by atoms with Crippen molar-refractivity contribution in [2.45, 2.75) is 45.4 Å². The van der Waals surface area contributed by atoms with Gasteiger partial charge in [-0.25, -0.2) is 0 Å². The lowest BCUT2D eigenvalue weighted by atomic mass is 9.69. The van der Waals surface area contributed by atoms with Crippen LogP contribution in [0.3, 0.4) is 0 Å². The van der Waals surface area contributed by atoms with Crippen molar-refractivity contribution >= 4 is 5.97 Å². The number of carboxylic acids is 1. The monoisotopic (exact) mass is 421 g/mol. The molecule has 8 heteroatoms. The molecule has 0 aliphatic heterocycles. The maximum Gasteiger partial charge on any atom is 0.416 e. The Balaban J connectivity index is 1.69.